The van der Waals surface area contributed by atoms with Crippen molar-refractivity contribution in [3.05, 3.63) is 41.7 Å². The summed E-state index contributed by atoms with van der Waals surface area (Å²) in [6.07, 6.45) is -1.26. The van der Waals surface area contributed by atoms with Gasteiger partial charge in [-0.05, 0) is 76.1 Å². The summed E-state index contributed by atoms with van der Waals surface area (Å²) in [5, 5.41) is 0. The average molecular weight is 540 g/mol. The van der Waals surface area contributed by atoms with Crippen LogP contribution in [0.25, 0.3) is 0 Å². The van der Waals surface area contributed by atoms with Crippen LogP contribution >= 0.6 is 0 Å². The van der Waals surface area contributed by atoms with Crippen LogP contribution in [0.1, 0.15) is 74.8 Å². The number of anilines is 2. The Morgan fingerprint density at radius 1 is 1.14 bits per heavy atom. The van der Waals surface area contributed by atoms with Gasteiger partial charge in [-0.15, -0.1) is 0 Å². The van der Waals surface area contributed by atoms with Gasteiger partial charge in [0, 0.05) is 29.9 Å². The van der Waals surface area contributed by atoms with Gasteiger partial charge in [0.2, 0.25) is 0 Å². The minimum atomic E-state index is -4.31. The van der Waals surface area contributed by atoms with E-state index in [2.05, 4.69) is 16.6 Å². The molecular formula is C25H32F3N5O3S. The van der Waals surface area contributed by atoms with Gasteiger partial charge in [0.25, 0.3) is 15.9 Å². The second-order valence-electron chi connectivity index (χ2n) is 10.5. The monoisotopic (exact) mass is 539 g/mol. The summed E-state index contributed by atoms with van der Waals surface area (Å²) in [5.41, 5.74) is 6.02. The number of nitrogens with one attached hydrogen (secondary N) is 1. The van der Waals surface area contributed by atoms with Crippen molar-refractivity contribution < 1.29 is 26.4 Å². The lowest BCUT2D eigenvalue weighted by atomic mass is 9.80. The fourth-order valence-electron chi connectivity index (χ4n) is 5.26. The molecule has 0 aromatic carbocycles. The molecule has 0 spiro atoms. The summed E-state index contributed by atoms with van der Waals surface area (Å²) >= 11 is 0. The third kappa shape index (κ3) is 5.39. The Morgan fingerprint density at radius 3 is 2.38 bits per heavy atom. The van der Waals surface area contributed by atoms with Crippen LogP contribution in [0.15, 0.2) is 35.4 Å². The van der Waals surface area contributed by atoms with E-state index in [1.165, 1.54) is 24.4 Å². The molecule has 1 atom stereocenters. The van der Waals surface area contributed by atoms with Crippen molar-refractivity contribution in [1.82, 2.24) is 14.7 Å². The first-order valence-corrected chi connectivity index (χ1v) is 13.8. The Balaban J connectivity index is 1.67. The maximum Gasteiger partial charge on any atom is 0.391 e. The summed E-state index contributed by atoms with van der Waals surface area (Å²) in [4.78, 5) is 23.6. The number of carbonyl (C=O) groups is 1. The van der Waals surface area contributed by atoms with Crippen LogP contribution in [-0.4, -0.2) is 42.6 Å². The number of sulfonamides is 1. The van der Waals surface area contributed by atoms with Crippen LogP contribution in [0, 0.1) is 11.8 Å². The van der Waals surface area contributed by atoms with Gasteiger partial charge < -0.3 is 10.6 Å². The number of hydrogen-bond donors (Lipinski definition) is 2. The number of carbonyl (C=O) groups excluding carboxylic acids is 1. The summed E-state index contributed by atoms with van der Waals surface area (Å²) < 4.78 is 67.3. The Bertz CT molecular complexity index is 1270. The second-order valence-corrected chi connectivity index (χ2v) is 12.2. The molecule has 3 heterocycles. The molecule has 3 N–H and O–H groups in total. The molecule has 1 aliphatic carbocycles. The highest BCUT2D eigenvalue weighted by Gasteiger charge is 2.43. The summed E-state index contributed by atoms with van der Waals surface area (Å²) in [7, 11) is -4.31. The first-order valence-electron chi connectivity index (χ1n) is 12.3. The van der Waals surface area contributed by atoms with Gasteiger partial charge in [-0.25, -0.2) is 23.1 Å². The summed E-state index contributed by atoms with van der Waals surface area (Å²) in [6.45, 7) is 6.76. The van der Waals surface area contributed by atoms with E-state index >= 15 is 0 Å². The molecule has 1 aliphatic heterocycles. The molecule has 1 unspecified atom stereocenters. The Morgan fingerprint density at radius 2 is 1.81 bits per heavy atom. The lowest BCUT2D eigenvalue weighted by Crippen LogP contribution is -2.44. The molecule has 2 aromatic heterocycles. The van der Waals surface area contributed by atoms with E-state index in [1.54, 1.807) is 6.07 Å². The van der Waals surface area contributed by atoms with Crippen LogP contribution in [0.5, 0.6) is 0 Å². The summed E-state index contributed by atoms with van der Waals surface area (Å²) in [6, 6.07) is 5.79. The maximum absolute atomic E-state index is 13.3. The number of alkyl halides is 3. The zero-order chi connectivity index (χ0) is 27.2. The van der Waals surface area contributed by atoms with Crippen molar-refractivity contribution in [2.45, 2.75) is 75.4 Å². The van der Waals surface area contributed by atoms with Crippen LogP contribution in [0.3, 0.4) is 0 Å². The number of aromatic nitrogens is 2. The number of nitrogens with two attached hydrogens (primary N) is 1. The number of amides is 1. The third-order valence-corrected chi connectivity index (χ3v) is 9.39. The first-order chi connectivity index (χ1) is 17.2. The molecule has 202 valence electrons. The SMILES string of the molecule is CC1CCN(c2nc(C3CCC(C(F)(F)F)CC3)ccc2C(=O)NS(=O)(=O)c2cccnc2N)C1(C)C. The molecule has 2 aromatic rings. The van der Waals surface area contributed by atoms with Gasteiger partial charge in [-0.2, -0.15) is 13.2 Å². The standard InChI is InChI=1S/C25H32F3N5O3S/c1-15-12-14-33(24(15,2)3)22-18(23(34)32-37(35,36)20-5-4-13-30-21(20)29)10-11-19(31-22)16-6-8-17(9-7-16)25(26,27)28/h4-5,10-11,13,15-17H,6-9,12,14H2,1-3H3,(H2,29,30)(H,32,34). The molecule has 0 bridgehead atoms. The predicted octanol–water partition coefficient (Wildman–Crippen LogP) is 4.64. The number of pyridine rings is 2. The highest BCUT2D eigenvalue weighted by Crippen LogP contribution is 2.44. The minimum absolute atomic E-state index is 0.0322. The van der Waals surface area contributed by atoms with Crippen molar-refractivity contribution in [1.29, 1.82) is 0 Å². The van der Waals surface area contributed by atoms with Gasteiger partial charge in [0.05, 0.1) is 11.5 Å². The van der Waals surface area contributed by atoms with Crippen LogP contribution in [-0.2, 0) is 10.0 Å². The molecule has 2 aliphatic rings. The molecule has 2 fully saturated rings. The first kappa shape index (κ1) is 27.2. The van der Waals surface area contributed by atoms with Gasteiger partial charge in [0.15, 0.2) is 0 Å². The number of rotatable bonds is 5. The third-order valence-electron chi connectivity index (χ3n) is 8.01. The fraction of sp³-hybridized carbons (Fsp3) is 0.560. The molecule has 1 saturated carbocycles. The molecule has 1 amide bonds. The van der Waals surface area contributed by atoms with Crippen molar-refractivity contribution >= 4 is 27.6 Å². The van der Waals surface area contributed by atoms with Gasteiger partial charge in [-0.3, -0.25) is 4.79 Å². The predicted molar refractivity (Wildman–Crippen MR) is 133 cm³/mol. The smallest absolute Gasteiger partial charge is 0.383 e. The van der Waals surface area contributed by atoms with Gasteiger partial charge in [-0.1, -0.05) is 6.92 Å². The number of hydrogen-bond acceptors (Lipinski definition) is 7. The Hall–Kier alpha value is -2.89. The van der Waals surface area contributed by atoms with E-state index in [0.717, 1.165) is 6.42 Å². The zero-order valence-corrected chi connectivity index (χ0v) is 21.9. The van der Waals surface area contributed by atoms with Crippen molar-refractivity contribution in [2.75, 3.05) is 17.2 Å². The minimum Gasteiger partial charge on any atom is -0.383 e. The molecule has 37 heavy (non-hydrogen) atoms. The van der Waals surface area contributed by atoms with Crippen molar-refractivity contribution in [2.24, 2.45) is 11.8 Å². The van der Waals surface area contributed by atoms with Gasteiger partial charge >= 0.3 is 6.18 Å². The van der Waals surface area contributed by atoms with Gasteiger partial charge in [0.1, 0.15) is 16.5 Å². The molecule has 4 rings (SSSR count). The van der Waals surface area contributed by atoms with Crippen molar-refractivity contribution in [3.63, 3.8) is 0 Å². The van der Waals surface area contributed by atoms with E-state index in [4.69, 9.17) is 10.7 Å². The fourth-order valence-corrected chi connectivity index (χ4v) is 6.31. The maximum atomic E-state index is 13.3. The topological polar surface area (TPSA) is 118 Å². The second kappa shape index (κ2) is 9.77. The highest BCUT2D eigenvalue weighted by molar-refractivity contribution is 7.90. The Labute approximate surface area is 214 Å². The van der Waals surface area contributed by atoms with E-state index < -0.39 is 28.0 Å². The number of nitrogen functional groups attached to an aromatic ring is 1. The molecule has 0 radical (unpaired) electrons. The Kier molecular flexibility index (Phi) is 7.17. The van der Waals surface area contributed by atoms with Crippen molar-refractivity contribution in [3.8, 4) is 0 Å². The van der Waals surface area contributed by atoms with E-state index in [1.807, 2.05) is 18.7 Å². The lowest BCUT2D eigenvalue weighted by molar-refractivity contribution is -0.182. The number of nitrogens with zero attached hydrogens (tertiary/aromatic N) is 3. The normalized spacial score (nSPS) is 24.2. The quantitative estimate of drug-likeness (QED) is 0.568. The molecular weight excluding hydrogens is 507 g/mol. The molecule has 1 saturated heterocycles. The number of halogens is 3. The average Bonchev–Trinajstić information content (AvgIpc) is 3.10. The lowest BCUT2D eigenvalue weighted by Gasteiger charge is -2.37. The van der Waals surface area contributed by atoms with E-state index in [9.17, 15) is 26.4 Å². The van der Waals surface area contributed by atoms with Crippen LogP contribution in [0.2, 0.25) is 0 Å². The van der Waals surface area contributed by atoms with E-state index in [0.29, 0.717) is 30.9 Å². The summed E-state index contributed by atoms with van der Waals surface area (Å²) in [5.74, 6) is -1.98. The molecule has 8 nitrogen and oxygen atoms in total. The highest BCUT2D eigenvalue weighted by atomic mass is 32.2. The largest absolute Gasteiger partial charge is 0.391 e. The zero-order valence-electron chi connectivity index (χ0n) is 21.0. The van der Waals surface area contributed by atoms with E-state index in [-0.39, 0.29) is 46.5 Å². The molecule has 12 heteroatoms. The van der Waals surface area contributed by atoms with Crippen LogP contribution in [0.4, 0.5) is 24.8 Å². The van der Waals surface area contributed by atoms with Crippen LogP contribution < -0.4 is 15.4 Å².